The van der Waals surface area contributed by atoms with Crippen LogP contribution in [0, 0.1) is 5.82 Å². The van der Waals surface area contributed by atoms with E-state index in [0.717, 1.165) is 12.3 Å². The number of nitrogens with one attached hydrogen (secondary N) is 1. The number of alkyl halides is 3. The summed E-state index contributed by atoms with van der Waals surface area (Å²) in [7, 11) is 0. The number of aromatic nitrogens is 1. The number of carbonyl (C=O) groups is 2. The SMILES string of the molecule is O=C(O)c1cn(C2CC2)c2c(O)c(N3CC[C@H](NC(=O)C(F)(F)F)C3)c(F)cc2c1=O. The van der Waals surface area contributed by atoms with E-state index in [-0.39, 0.29) is 42.1 Å². The number of aromatic hydroxyl groups is 1. The van der Waals surface area contributed by atoms with Gasteiger partial charge >= 0.3 is 18.1 Å². The van der Waals surface area contributed by atoms with Crippen LogP contribution in [-0.4, -0.2) is 52.0 Å². The Kier molecular flexibility index (Phi) is 4.82. The predicted molar refractivity (Wildman–Crippen MR) is 99.9 cm³/mol. The second-order valence-corrected chi connectivity index (χ2v) is 7.67. The van der Waals surface area contributed by atoms with E-state index >= 15 is 0 Å². The number of carboxylic acids is 1. The van der Waals surface area contributed by atoms with Crippen molar-refractivity contribution >= 4 is 28.5 Å². The highest BCUT2D eigenvalue weighted by Crippen LogP contribution is 2.43. The minimum absolute atomic E-state index is 0.0309. The summed E-state index contributed by atoms with van der Waals surface area (Å²) in [6.45, 7) is -0.127. The highest BCUT2D eigenvalue weighted by molar-refractivity contribution is 5.97. The average Bonchev–Trinajstić information content (AvgIpc) is 3.41. The molecule has 1 aliphatic carbocycles. The molecule has 1 saturated heterocycles. The molecule has 0 bridgehead atoms. The number of phenols is 1. The molecular formula is C19H17F4N3O5. The Morgan fingerprint density at radius 1 is 1.19 bits per heavy atom. The zero-order chi connectivity index (χ0) is 22.7. The van der Waals surface area contributed by atoms with Gasteiger partial charge in [0.1, 0.15) is 11.3 Å². The molecule has 1 aromatic heterocycles. The van der Waals surface area contributed by atoms with E-state index in [2.05, 4.69) is 0 Å². The normalized spacial score (nSPS) is 19.1. The number of benzene rings is 1. The number of anilines is 1. The number of amides is 1. The molecule has 1 amide bonds. The van der Waals surface area contributed by atoms with Gasteiger partial charge in [-0.2, -0.15) is 13.2 Å². The monoisotopic (exact) mass is 443 g/mol. The highest BCUT2D eigenvalue weighted by Gasteiger charge is 2.41. The third kappa shape index (κ3) is 3.66. The number of rotatable bonds is 4. The third-order valence-electron chi connectivity index (χ3n) is 5.48. The fourth-order valence-electron chi connectivity index (χ4n) is 3.90. The number of halogens is 4. The van der Waals surface area contributed by atoms with E-state index in [1.54, 1.807) is 0 Å². The molecule has 12 heteroatoms. The zero-order valence-electron chi connectivity index (χ0n) is 15.9. The van der Waals surface area contributed by atoms with E-state index in [0.29, 0.717) is 12.8 Å². The number of carbonyl (C=O) groups excluding carboxylic acids is 1. The molecular weight excluding hydrogens is 426 g/mol. The molecule has 0 spiro atoms. The van der Waals surface area contributed by atoms with Gasteiger partial charge in [-0.05, 0) is 25.3 Å². The van der Waals surface area contributed by atoms with Crippen LogP contribution in [0.25, 0.3) is 10.9 Å². The summed E-state index contributed by atoms with van der Waals surface area (Å²) in [5.74, 6) is -5.20. The molecule has 1 atom stereocenters. The molecule has 2 aromatic rings. The van der Waals surface area contributed by atoms with Gasteiger partial charge in [-0.3, -0.25) is 9.59 Å². The summed E-state index contributed by atoms with van der Waals surface area (Å²) >= 11 is 0. The van der Waals surface area contributed by atoms with E-state index in [1.165, 1.54) is 9.47 Å². The number of carboxylic acid groups (broad SMARTS) is 1. The van der Waals surface area contributed by atoms with Gasteiger partial charge in [-0.1, -0.05) is 0 Å². The first-order valence-corrected chi connectivity index (χ1v) is 9.45. The highest BCUT2D eigenvalue weighted by atomic mass is 19.4. The van der Waals surface area contributed by atoms with Crippen molar-refractivity contribution in [1.82, 2.24) is 9.88 Å². The van der Waals surface area contributed by atoms with Crippen LogP contribution in [0.2, 0.25) is 0 Å². The maximum Gasteiger partial charge on any atom is 0.471 e. The summed E-state index contributed by atoms with van der Waals surface area (Å²) < 4.78 is 53.8. The van der Waals surface area contributed by atoms with Crippen molar-refractivity contribution in [3.63, 3.8) is 0 Å². The maximum atomic E-state index is 14.9. The molecule has 166 valence electrons. The number of pyridine rings is 1. The summed E-state index contributed by atoms with van der Waals surface area (Å²) in [6.07, 6.45) is -2.49. The van der Waals surface area contributed by atoms with Gasteiger partial charge in [-0.15, -0.1) is 0 Å². The second-order valence-electron chi connectivity index (χ2n) is 7.67. The van der Waals surface area contributed by atoms with Gasteiger partial charge < -0.3 is 25.0 Å². The second kappa shape index (κ2) is 7.13. The molecule has 31 heavy (non-hydrogen) atoms. The molecule has 2 fully saturated rings. The maximum absolute atomic E-state index is 14.9. The van der Waals surface area contributed by atoms with Crippen LogP contribution in [-0.2, 0) is 4.79 Å². The molecule has 1 aliphatic heterocycles. The van der Waals surface area contributed by atoms with Crippen molar-refractivity contribution < 1.29 is 37.4 Å². The fraction of sp³-hybridized carbons (Fsp3) is 0.421. The van der Waals surface area contributed by atoms with Crippen molar-refractivity contribution in [3.05, 3.63) is 33.9 Å². The third-order valence-corrected chi connectivity index (χ3v) is 5.48. The lowest BCUT2D eigenvalue weighted by Crippen LogP contribution is -2.44. The van der Waals surface area contributed by atoms with Crippen molar-refractivity contribution in [2.24, 2.45) is 0 Å². The van der Waals surface area contributed by atoms with Crippen LogP contribution in [0.1, 0.15) is 35.7 Å². The van der Waals surface area contributed by atoms with Crippen molar-refractivity contribution in [1.29, 1.82) is 0 Å². The number of fused-ring (bicyclic) bond motifs is 1. The predicted octanol–water partition coefficient (Wildman–Crippen LogP) is 2.14. The topological polar surface area (TPSA) is 112 Å². The van der Waals surface area contributed by atoms with Crippen LogP contribution < -0.4 is 15.6 Å². The Labute approximate surface area is 171 Å². The van der Waals surface area contributed by atoms with Gasteiger partial charge in [0, 0.05) is 31.4 Å². The van der Waals surface area contributed by atoms with Crippen molar-refractivity contribution in [2.45, 2.75) is 37.5 Å². The molecule has 2 aliphatic rings. The average molecular weight is 443 g/mol. The Morgan fingerprint density at radius 3 is 2.45 bits per heavy atom. The smallest absolute Gasteiger partial charge is 0.471 e. The van der Waals surface area contributed by atoms with Gasteiger partial charge in [-0.25, -0.2) is 9.18 Å². The summed E-state index contributed by atoms with van der Waals surface area (Å²) in [5.41, 5.74) is -1.84. The van der Waals surface area contributed by atoms with E-state index in [4.69, 9.17) is 0 Å². The van der Waals surface area contributed by atoms with Gasteiger partial charge in [0.05, 0.1) is 10.9 Å². The molecule has 8 nitrogen and oxygen atoms in total. The van der Waals surface area contributed by atoms with Crippen LogP contribution in [0.4, 0.5) is 23.2 Å². The Balaban J connectivity index is 1.76. The van der Waals surface area contributed by atoms with Crippen molar-refractivity contribution in [2.75, 3.05) is 18.0 Å². The number of hydrogen-bond acceptors (Lipinski definition) is 5. The lowest BCUT2D eigenvalue weighted by molar-refractivity contribution is -0.174. The lowest BCUT2D eigenvalue weighted by atomic mass is 10.1. The molecule has 1 aromatic carbocycles. The zero-order valence-corrected chi connectivity index (χ0v) is 15.9. The molecule has 0 unspecified atom stereocenters. The molecule has 2 heterocycles. The minimum atomic E-state index is -5.05. The minimum Gasteiger partial charge on any atom is -0.504 e. The quantitative estimate of drug-likeness (QED) is 0.625. The number of hydrogen-bond donors (Lipinski definition) is 3. The Hall–Kier alpha value is -3.31. The first-order chi connectivity index (χ1) is 14.5. The molecule has 4 rings (SSSR count). The number of nitrogens with zero attached hydrogens (tertiary/aromatic N) is 2. The van der Waals surface area contributed by atoms with Gasteiger partial charge in [0.2, 0.25) is 5.43 Å². The summed E-state index contributed by atoms with van der Waals surface area (Å²) in [5, 5.41) is 21.7. The van der Waals surface area contributed by atoms with Crippen LogP contribution >= 0.6 is 0 Å². The number of aromatic carboxylic acids is 1. The Bertz CT molecular complexity index is 1160. The van der Waals surface area contributed by atoms with Gasteiger partial charge in [0.25, 0.3) is 0 Å². The molecule has 0 radical (unpaired) electrons. The van der Waals surface area contributed by atoms with E-state index in [1.807, 2.05) is 5.32 Å². The standard InChI is InChI=1S/C19H17F4N3O5/c20-12-5-10-13(26(9-1-2-9)7-11(15(10)27)17(29)30)16(28)14(12)25-4-3-8(6-25)24-18(31)19(21,22)23/h5,7-9,28H,1-4,6H2,(H,24,31)(H,29,30)/t8-/m0/s1. The first-order valence-electron chi connectivity index (χ1n) is 9.45. The van der Waals surface area contributed by atoms with Crippen LogP contribution in [0.5, 0.6) is 5.75 Å². The summed E-state index contributed by atoms with van der Waals surface area (Å²) in [6, 6.07) is -0.244. The van der Waals surface area contributed by atoms with E-state index in [9.17, 15) is 42.2 Å². The van der Waals surface area contributed by atoms with E-state index < -0.39 is 46.7 Å². The first kappa shape index (κ1) is 20.9. The Morgan fingerprint density at radius 2 is 1.87 bits per heavy atom. The molecule has 3 N–H and O–H groups in total. The molecule has 1 saturated carbocycles. The largest absolute Gasteiger partial charge is 0.504 e. The lowest BCUT2D eigenvalue weighted by Gasteiger charge is -2.23. The van der Waals surface area contributed by atoms with Crippen LogP contribution in [0.15, 0.2) is 17.1 Å². The van der Waals surface area contributed by atoms with Crippen LogP contribution in [0.3, 0.4) is 0 Å². The van der Waals surface area contributed by atoms with Crippen molar-refractivity contribution in [3.8, 4) is 5.75 Å². The summed E-state index contributed by atoms with van der Waals surface area (Å²) in [4.78, 5) is 36.4. The van der Waals surface area contributed by atoms with Gasteiger partial charge in [0.15, 0.2) is 11.6 Å². The fourth-order valence-corrected chi connectivity index (χ4v) is 3.90. The number of phenolic OH excluding ortho intramolecular Hbond substituents is 1.